The first kappa shape index (κ1) is 32.4. The van der Waals surface area contributed by atoms with Crippen LogP contribution in [-0.4, -0.2) is 11.3 Å². The van der Waals surface area contributed by atoms with Gasteiger partial charge in [0.15, 0.2) is 0 Å². The number of hydrogen-bond acceptors (Lipinski definition) is 2. The fourth-order valence-corrected chi connectivity index (χ4v) is 10.5. The van der Waals surface area contributed by atoms with Crippen molar-refractivity contribution in [3.63, 3.8) is 0 Å². The van der Waals surface area contributed by atoms with E-state index in [1.807, 2.05) is 42.5 Å². The molecule has 322 valence electrons. The van der Waals surface area contributed by atoms with Crippen LogP contribution in [0.3, 0.4) is 0 Å². The van der Waals surface area contributed by atoms with Crippen LogP contribution in [-0.2, 0) is 5.41 Å². The molecular formula is C64H48BN3. The number of anilines is 6. The van der Waals surface area contributed by atoms with Crippen LogP contribution in [0.15, 0.2) is 236 Å². The fraction of sp³-hybridized carbons (Fsp3) is 0.0625. The topological polar surface area (TPSA) is 11.4 Å². The molecule has 11 aromatic rings. The maximum absolute atomic E-state index is 9.41. The molecule has 0 spiro atoms. The van der Waals surface area contributed by atoms with Crippen molar-refractivity contribution in [2.24, 2.45) is 0 Å². The van der Waals surface area contributed by atoms with E-state index in [1.165, 1.54) is 0 Å². The van der Waals surface area contributed by atoms with Gasteiger partial charge >= 0.3 is 0 Å². The third-order valence-corrected chi connectivity index (χ3v) is 13.7. The van der Waals surface area contributed by atoms with Crippen molar-refractivity contribution < 1.29 is 11.0 Å². The minimum Gasteiger partial charge on any atom is -0.311 e. The summed E-state index contributed by atoms with van der Waals surface area (Å²) in [7, 11) is 0. The molecule has 4 heteroatoms. The quantitative estimate of drug-likeness (QED) is 0.154. The van der Waals surface area contributed by atoms with Gasteiger partial charge in [-0.1, -0.05) is 190 Å². The highest BCUT2D eigenvalue weighted by molar-refractivity contribution is 7.00. The van der Waals surface area contributed by atoms with E-state index >= 15 is 0 Å². The first-order chi connectivity index (χ1) is 36.7. The molecule has 13 rings (SSSR count). The minimum atomic E-state index is -0.479. The van der Waals surface area contributed by atoms with Crippen LogP contribution >= 0.6 is 0 Å². The molecule has 0 bridgehead atoms. The number of benzene rings is 10. The Labute approximate surface area is 410 Å². The molecule has 2 aliphatic heterocycles. The van der Waals surface area contributed by atoms with Gasteiger partial charge in [0.25, 0.3) is 6.71 Å². The van der Waals surface area contributed by atoms with Crippen LogP contribution in [0.2, 0.25) is 0 Å². The molecule has 0 atom stereocenters. The highest BCUT2D eigenvalue weighted by Crippen LogP contribution is 2.48. The molecule has 0 saturated carbocycles. The number of fused-ring (bicyclic) bond motifs is 7. The molecule has 0 fully saturated rings. The van der Waals surface area contributed by atoms with Crippen LogP contribution in [0.1, 0.15) is 37.3 Å². The lowest BCUT2D eigenvalue weighted by molar-refractivity contribution is 0.590. The van der Waals surface area contributed by atoms with Gasteiger partial charge in [0.2, 0.25) is 0 Å². The predicted molar refractivity (Wildman–Crippen MR) is 290 cm³/mol. The summed E-state index contributed by atoms with van der Waals surface area (Å²) in [6.45, 7) is 6.41. The largest absolute Gasteiger partial charge is 0.311 e. The standard InChI is InChI=1S/C64H48BN3/c1-64(2,3)49-40-61-63-62(41-49)68(51-28-18-26-47(38-51)44-21-9-5-10-22-44)60-42-52(66-57-31-15-13-29-53(57)54-30-14-16-32-58(54)66)34-36-56(60)65(63)55-35-33-48(45-23-11-6-12-24-45)39-59(55)67(61)50-27-17-25-46(37-50)43-19-7-4-8-20-43/h4-42H,1-3H3/i13D,14D,15D,16D,29D,30D,31D,32D. The summed E-state index contributed by atoms with van der Waals surface area (Å²) in [6, 6.07) is 62.8. The summed E-state index contributed by atoms with van der Waals surface area (Å²) in [5.41, 5.74) is 16.8. The lowest BCUT2D eigenvalue weighted by Crippen LogP contribution is -2.61. The Bertz CT molecular complexity index is 4140. The van der Waals surface area contributed by atoms with Gasteiger partial charge in [-0.15, -0.1) is 0 Å². The monoisotopic (exact) mass is 877 g/mol. The van der Waals surface area contributed by atoms with Crippen LogP contribution < -0.4 is 26.2 Å². The third kappa shape index (κ3) is 6.43. The third-order valence-electron chi connectivity index (χ3n) is 13.7. The van der Waals surface area contributed by atoms with E-state index in [2.05, 4.69) is 176 Å². The predicted octanol–water partition coefficient (Wildman–Crippen LogP) is 15.2. The Morgan fingerprint density at radius 2 is 0.824 bits per heavy atom. The Morgan fingerprint density at radius 3 is 1.32 bits per heavy atom. The number of aromatic nitrogens is 1. The average molecular weight is 878 g/mol. The van der Waals surface area contributed by atoms with Gasteiger partial charge in [-0.3, -0.25) is 0 Å². The van der Waals surface area contributed by atoms with E-state index in [4.69, 9.17) is 5.48 Å². The molecule has 1 aromatic heterocycles. The zero-order valence-corrected chi connectivity index (χ0v) is 37.8. The SMILES string of the molecule is [2H]c1c([2H])c([2H])c2c(c1[2H])c1c([2H])c([2H])c([2H])c([2H])c1n2-c1ccc2c(c1)N(c1cccc(-c3ccccc3)c1)c1cc(C(C)(C)C)cc3c1B2c1ccc(-c2ccccc2)cc1N3c1cccc(-c2ccccc2)c1. The first-order valence-electron chi connectivity index (χ1n) is 27.1. The molecule has 68 heavy (non-hydrogen) atoms. The number of hydrogen-bond donors (Lipinski definition) is 0. The van der Waals surface area contributed by atoms with Crippen molar-refractivity contribution in [2.75, 3.05) is 9.80 Å². The Kier molecular flexibility index (Phi) is 7.44. The number of nitrogens with zero attached hydrogens (tertiary/aromatic N) is 3. The zero-order chi connectivity index (χ0) is 52.5. The van der Waals surface area contributed by atoms with E-state index in [0.717, 1.165) is 89.5 Å². The minimum absolute atomic E-state index is 0.0369. The van der Waals surface area contributed by atoms with Gasteiger partial charge in [-0.25, -0.2) is 0 Å². The van der Waals surface area contributed by atoms with Gasteiger partial charge in [-0.05, 0) is 127 Å². The normalized spacial score (nSPS) is 14.5. The van der Waals surface area contributed by atoms with E-state index in [1.54, 1.807) is 4.57 Å². The first-order valence-corrected chi connectivity index (χ1v) is 23.1. The summed E-state index contributed by atoms with van der Waals surface area (Å²) in [4.78, 5) is 4.76. The molecule has 3 heterocycles. The molecule has 3 nitrogen and oxygen atoms in total. The lowest BCUT2D eigenvalue weighted by atomic mass is 9.33. The molecular weight excluding hydrogens is 822 g/mol. The van der Waals surface area contributed by atoms with Crippen LogP contribution in [0.4, 0.5) is 34.1 Å². The number of para-hydroxylation sites is 2. The molecule has 0 amide bonds. The van der Waals surface area contributed by atoms with Crippen molar-refractivity contribution in [3.8, 4) is 39.1 Å². The Morgan fingerprint density at radius 1 is 0.382 bits per heavy atom. The van der Waals surface area contributed by atoms with Crippen LogP contribution in [0.25, 0.3) is 60.9 Å². The van der Waals surface area contributed by atoms with Gasteiger partial charge in [0, 0.05) is 50.6 Å². The second-order valence-corrected chi connectivity index (χ2v) is 18.8. The van der Waals surface area contributed by atoms with Crippen molar-refractivity contribution in [1.82, 2.24) is 4.57 Å². The Hall–Kier alpha value is -8.34. The van der Waals surface area contributed by atoms with Crippen LogP contribution in [0, 0.1) is 0 Å². The second kappa shape index (κ2) is 15.6. The van der Waals surface area contributed by atoms with Gasteiger partial charge in [0.1, 0.15) is 0 Å². The van der Waals surface area contributed by atoms with Crippen molar-refractivity contribution >= 4 is 79.0 Å². The smallest absolute Gasteiger partial charge is 0.252 e. The maximum atomic E-state index is 9.41. The molecule has 0 unspecified atom stereocenters. The Balaban J connectivity index is 1.16. The molecule has 0 saturated heterocycles. The molecule has 10 aromatic carbocycles. The highest BCUT2D eigenvalue weighted by atomic mass is 15.2. The van der Waals surface area contributed by atoms with Crippen molar-refractivity contribution in [1.29, 1.82) is 0 Å². The van der Waals surface area contributed by atoms with Crippen LogP contribution in [0.5, 0.6) is 0 Å². The summed E-state index contributed by atoms with van der Waals surface area (Å²) >= 11 is 0. The second-order valence-electron chi connectivity index (χ2n) is 18.8. The zero-order valence-electron chi connectivity index (χ0n) is 45.8. The summed E-state index contributed by atoms with van der Waals surface area (Å²) in [6.07, 6.45) is 0. The highest BCUT2D eigenvalue weighted by Gasteiger charge is 2.44. The van der Waals surface area contributed by atoms with Gasteiger partial charge < -0.3 is 14.4 Å². The van der Waals surface area contributed by atoms with Gasteiger partial charge in [-0.2, -0.15) is 0 Å². The van der Waals surface area contributed by atoms with E-state index in [9.17, 15) is 5.48 Å². The summed E-state index contributed by atoms with van der Waals surface area (Å²) < 4.78 is 74.1. The summed E-state index contributed by atoms with van der Waals surface area (Å²) in [5.74, 6) is 0. The van der Waals surface area contributed by atoms with Crippen molar-refractivity contribution in [2.45, 2.75) is 26.2 Å². The van der Waals surface area contributed by atoms with Gasteiger partial charge in [0.05, 0.1) is 22.0 Å². The maximum Gasteiger partial charge on any atom is 0.252 e. The molecule has 0 radical (unpaired) electrons. The van der Waals surface area contributed by atoms with Crippen molar-refractivity contribution in [3.05, 3.63) is 242 Å². The molecule has 2 aliphatic rings. The number of rotatable bonds is 6. The fourth-order valence-electron chi connectivity index (χ4n) is 10.5. The molecule has 0 aliphatic carbocycles. The lowest BCUT2D eigenvalue weighted by Gasteiger charge is -2.45. The summed E-state index contributed by atoms with van der Waals surface area (Å²) in [5, 5.41) is 0.0737. The average Bonchev–Trinajstić information content (AvgIpc) is 4.00. The molecule has 0 N–H and O–H groups in total. The van der Waals surface area contributed by atoms with E-state index in [0.29, 0.717) is 5.69 Å². The van der Waals surface area contributed by atoms with E-state index < -0.39 is 24.2 Å². The van der Waals surface area contributed by atoms with E-state index in [-0.39, 0.29) is 58.1 Å².